The third-order valence-corrected chi connectivity index (χ3v) is 5.45. The fraction of sp³-hybridized carbons (Fsp3) is 0.444. The van der Waals surface area contributed by atoms with Gasteiger partial charge in [-0.25, -0.2) is 0 Å². The molecule has 0 aromatic heterocycles. The molecular formula is C18H21N3O6S. The molecule has 3 atom stereocenters. The monoisotopic (exact) mass is 407 g/mol. The largest absolute Gasteiger partial charge is 0.434 e. The van der Waals surface area contributed by atoms with Gasteiger partial charge in [0.15, 0.2) is 0 Å². The average molecular weight is 407 g/mol. The minimum absolute atomic E-state index is 0.119. The third kappa shape index (κ3) is 5.02. The summed E-state index contributed by atoms with van der Waals surface area (Å²) in [5.74, 6) is -0.748. The number of thioether (sulfide) groups is 1. The summed E-state index contributed by atoms with van der Waals surface area (Å²) in [7, 11) is 0. The first kappa shape index (κ1) is 20.2. The third-order valence-electron chi connectivity index (χ3n) is 4.40. The number of cyclic esters (lactones) is 1. The van der Waals surface area contributed by atoms with Crippen LogP contribution in [0, 0.1) is 0 Å². The van der Waals surface area contributed by atoms with Crippen molar-refractivity contribution in [1.29, 1.82) is 0 Å². The second kappa shape index (κ2) is 9.07. The van der Waals surface area contributed by atoms with Gasteiger partial charge in [0.05, 0.1) is 13.0 Å². The van der Waals surface area contributed by atoms with Gasteiger partial charge in [-0.2, -0.15) is 11.8 Å². The number of aliphatic hydroxyl groups is 1. The number of esters is 1. The Morgan fingerprint density at radius 3 is 2.64 bits per heavy atom. The molecule has 2 aliphatic rings. The molecule has 0 aliphatic carbocycles. The van der Waals surface area contributed by atoms with Crippen LogP contribution in [0.3, 0.4) is 0 Å². The summed E-state index contributed by atoms with van der Waals surface area (Å²) in [5, 5.41) is 14.8. The van der Waals surface area contributed by atoms with Crippen molar-refractivity contribution in [3.05, 3.63) is 35.9 Å². The molecule has 3 rings (SSSR count). The first-order valence-electron chi connectivity index (χ1n) is 8.83. The van der Waals surface area contributed by atoms with Gasteiger partial charge in [0.25, 0.3) is 5.91 Å². The smallest absolute Gasteiger partial charge is 0.310 e. The molecule has 1 unspecified atom stereocenters. The van der Waals surface area contributed by atoms with Crippen molar-refractivity contribution in [3.63, 3.8) is 0 Å². The van der Waals surface area contributed by atoms with Crippen LogP contribution >= 0.6 is 11.8 Å². The van der Waals surface area contributed by atoms with Crippen LogP contribution < -0.4 is 10.6 Å². The van der Waals surface area contributed by atoms with E-state index in [-0.39, 0.29) is 24.8 Å². The van der Waals surface area contributed by atoms with Crippen molar-refractivity contribution in [2.75, 3.05) is 24.6 Å². The Hall–Kier alpha value is -2.59. The highest BCUT2D eigenvalue weighted by Crippen LogP contribution is 2.15. The topological polar surface area (TPSA) is 125 Å². The van der Waals surface area contributed by atoms with Crippen LogP contribution in [0.25, 0.3) is 0 Å². The molecule has 150 valence electrons. The highest BCUT2D eigenvalue weighted by Gasteiger charge is 2.35. The second-order valence-corrected chi connectivity index (χ2v) is 7.64. The van der Waals surface area contributed by atoms with E-state index in [1.807, 2.05) is 0 Å². The number of nitrogens with one attached hydrogen (secondary N) is 2. The van der Waals surface area contributed by atoms with E-state index < -0.39 is 30.3 Å². The van der Waals surface area contributed by atoms with Gasteiger partial charge in [-0.3, -0.25) is 19.2 Å². The van der Waals surface area contributed by atoms with Crippen molar-refractivity contribution in [2.24, 2.45) is 0 Å². The molecule has 10 heteroatoms. The van der Waals surface area contributed by atoms with Crippen molar-refractivity contribution < 1.29 is 29.0 Å². The molecule has 2 aliphatic heterocycles. The number of rotatable bonds is 5. The summed E-state index contributed by atoms with van der Waals surface area (Å²) in [6.07, 6.45) is -1.50. The van der Waals surface area contributed by atoms with Gasteiger partial charge in [0.2, 0.25) is 18.1 Å². The van der Waals surface area contributed by atoms with Gasteiger partial charge in [0.1, 0.15) is 12.1 Å². The SMILES string of the molecule is O=C(CN1CCSC[C@H](NC(=O)c2ccccc2)C1=O)N[C@H]1CC(=O)OC1O. The molecule has 9 nitrogen and oxygen atoms in total. The summed E-state index contributed by atoms with van der Waals surface area (Å²) >= 11 is 1.52. The van der Waals surface area contributed by atoms with Gasteiger partial charge < -0.3 is 25.4 Å². The number of amides is 3. The Balaban J connectivity index is 1.58. The number of hydrogen-bond acceptors (Lipinski definition) is 7. The summed E-state index contributed by atoms with van der Waals surface area (Å²) in [5.41, 5.74) is 0.453. The molecule has 1 aromatic rings. The lowest BCUT2D eigenvalue weighted by atomic mass is 10.2. The van der Waals surface area contributed by atoms with E-state index in [4.69, 9.17) is 0 Å². The van der Waals surface area contributed by atoms with E-state index in [9.17, 15) is 24.3 Å². The zero-order valence-corrected chi connectivity index (χ0v) is 15.8. The molecule has 3 N–H and O–H groups in total. The summed E-state index contributed by atoms with van der Waals surface area (Å²) in [6.45, 7) is 0.131. The zero-order chi connectivity index (χ0) is 20.1. The predicted molar refractivity (Wildman–Crippen MR) is 100 cm³/mol. The number of carbonyl (C=O) groups is 4. The molecule has 0 radical (unpaired) electrons. The predicted octanol–water partition coefficient (Wildman–Crippen LogP) is -0.889. The van der Waals surface area contributed by atoms with Gasteiger partial charge in [-0.05, 0) is 12.1 Å². The zero-order valence-electron chi connectivity index (χ0n) is 15.0. The van der Waals surface area contributed by atoms with Crippen LogP contribution in [0.1, 0.15) is 16.8 Å². The Labute approximate surface area is 165 Å². The minimum Gasteiger partial charge on any atom is -0.434 e. The van der Waals surface area contributed by atoms with Gasteiger partial charge in [-0.15, -0.1) is 0 Å². The molecular weight excluding hydrogens is 386 g/mol. The number of aliphatic hydroxyl groups excluding tert-OH is 1. The Morgan fingerprint density at radius 2 is 1.96 bits per heavy atom. The summed E-state index contributed by atoms with van der Waals surface area (Å²) in [6, 6.07) is 7.02. The molecule has 0 spiro atoms. The van der Waals surface area contributed by atoms with E-state index in [1.54, 1.807) is 30.3 Å². The van der Waals surface area contributed by atoms with Crippen molar-refractivity contribution >= 4 is 35.5 Å². The van der Waals surface area contributed by atoms with Crippen molar-refractivity contribution in [1.82, 2.24) is 15.5 Å². The number of carbonyl (C=O) groups excluding carboxylic acids is 4. The molecule has 28 heavy (non-hydrogen) atoms. The minimum atomic E-state index is -1.38. The van der Waals surface area contributed by atoms with Crippen LogP contribution in [-0.4, -0.2) is 76.7 Å². The lowest BCUT2D eigenvalue weighted by molar-refractivity contribution is -0.155. The first-order chi connectivity index (χ1) is 13.4. The van der Waals surface area contributed by atoms with E-state index in [0.29, 0.717) is 23.6 Å². The number of hydrogen-bond donors (Lipinski definition) is 3. The molecule has 1 aromatic carbocycles. The molecule has 2 heterocycles. The van der Waals surface area contributed by atoms with Gasteiger partial charge in [-0.1, -0.05) is 18.2 Å². The Kier molecular flexibility index (Phi) is 6.53. The van der Waals surface area contributed by atoms with E-state index >= 15 is 0 Å². The molecule has 2 fully saturated rings. The van der Waals surface area contributed by atoms with Gasteiger partial charge >= 0.3 is 5.97 Å². The van der Waals surface area contributed by atoms with Gasteiger partial charge in [0, 0.05) is 23.6 Å². The number of ether oxygens (including phenoxy) is 1. The Bertz CT molecular complexity index is 759. The lowest BCUT2D eigenvalue weighted by Crippen LogP contribution is -2.52. The van der Waals surface area contributed by atoms with Crippen LogP contribution in [0.15, 0.2) is 30.3 Å². The fourth-order valence-electron chi connectivity index (χ4n) is 2.96. The molecule has 2 saturated heterocycles. The maximum atomic E-state index is 12.8. The Morgan fingerprint density at radius 1 is 1.21 bits per heavy atom. The second-order valence-electron chi connectivity index (χ2n) is 6.49. The fourth-order valence-corrected chi connectivity index (χ4v) is 3.94. The van der Waals surface area contributed by atoms with Crippen molar-refractivity contribution in [2.45, 2.75) is 24.8 Å². The maximum Gasteiger partial charge on any atom is 0.310 e. The summed E-state index contributed by atoms with van der Waals surface area (Å²) in [4.78, 5) is 49.9. The van der Waals surface area contributed by atoms with Crippen LogP contribution in [-0.2, 0) is 19.1 Å². The number of nitrogens with zero attached hydrogens (tertiary/aromatic N) is 1. The van der Waals surface area contributed by atoms with E-state index in [1.165, 1.54) is 16.7 Å². The normalized spacial score (nSPS) is 25.0. The molecule has 0 saturated carbocycles. The van der Waals surface area contributed by atoms with Crippen LogP contribution in [0.2, 0.25) is 0 Å². The summed E-state index contributed by atoms with van der Waals surface area (Å²) < 4.78 is 4.58. The quantitative estimate of drug-likeness (QED) is 0.541. The molecule has 3 amide bonds. The van der Waals surface area contributed by atoms with Crippen LogP contribution in [0.4, 0.5) is 0 Å². The lowest BCUT2D eigenvalue weighted by Gasteiger charge is -2.25. The highest BCUT2D eigenvalue weighted by molar-refractivity contribution is 7.99. The standard InChI is InChI=1S/C18H21N3O6S/c22-14(19-12-8-15(23)27-18(12)26)9-21-6-7-28-10-13(17(21)25)20-16(24)11-4-2-1-3-5-11/h1-5,12-13,18,26H,6-10H2,(H,19,22)(H,20,24)/t12-,13-,18?/m0/s1. The van der Waals surface area contributed by atoms with Crippen molar-refractivity contribution in [3.8, 4) is 0 Å². The molecule has 0 bridgehead atoms. The number of benzene rings is 1. The van der Waals surface area contributed by atoms with E-state index in [2.05, 4.69) is 15.4 Å². The van der Waals surface area contributed by atoms with E-state index in [0.717, 1.165) is 0 Å². The maximum absolute atomic E-state index is 12.8. The van der Waals surface area contributed by atoms with Crippen LogP contribution in [0.5, 0.6) is 0 Å². The first-order valence-corrected chi connectivity index (χ1v) is 9.99. The average Bonchev–Trinajstić information content (AvgIpc) is 2.89. The highest BCUT2D eigenvalue weighted by atomic mass is 32.2.